The van der Waals surface area contributed by atoms with E-state index in [0.29, 0.717) is 27.8 Å². The molecule has 0 radical (unpaired) electrons. The quantitative estimate of drug-likeness (QED) is 0.568. The number of carbonyl (C=O) groups excluding carboxylic acids is 2. The van der Waals surface area contributed by atoms with E-state index in [1.54, 1.807) is 36.4 Å². The van der Waals surface area contributed by atoms with Crippen LogP contribution in [0, 0.1) is 6.92 Å². The van der Waals surface area contributed by atoms with E-state index in [9.17, 15) is 9.59 Å². The highest BCUT2D eigenvalue weighted by Crippen LogP contribution is 2.22. The largest absolute Gasteiger partial charge is 0.340 e. The lowest BCUT2D eigenvalue weighted by Gasteiger charge is -2.09. The van der Waals surface area contributed by atoms with Crippen LogP contribution in [0.2, 0.25) is 5.02 Å². The van der Waals surface area contributed by atoms with Crippen molar-refractivity contribution in [2.75, 3.05) is 16.0 Å². The molecule has 0 saturated heterocycles. The van der Waals surface area contributed by atoms with Crippen molar-refractivity contribution in [1.82, 2.24) is 4.98 Å². The van der Waals surface area contributed by atoms with Crippen LogP contribution in [-0.2, 0) is 4.79 Å². The van der Waals surface area contributed by atoms with Crippen molar-refractivity contribution < 1.29 is 9.59 Å². The zero-order valence-electron chi connectivity index (χ0n) is 15.4. The number of carbonyl (C=O) groups is 2. The Hall–Kier alpha value is -3.38. The lowest BCUT2D eigenvalue weighted by Crippen LogP contribution is -2.12. The second-order valence-electron chi connectivity index (χ2n) is 6.23. The van der Waals surface area contributed by atoms with Crippen molar-refractivity contribution in [3.63, 3.8) is 0 Å². The predicted molar refractivity (Wildman–Crippen MR) is 112 cm³/mol. The van der Waals surface area contributed by atoms with Crippen LogP contribution in [0.15, 0.2) is 60.8 Å². The summed E-state index contributed by atoms with van der Waals surface area (Å²) in [6.45, 7) is 3.37. The van der Waals surface area contributed by atoms with Crippen molar-refractivity contribution in [3.8, 4) is 0 Å². The first-order chi connectivity index (χ1) is 13.4. The Bertz CT molecular complexity index is 1000. The summed E-state index contributed by atoms with van der Waals surface area (Å²) in [7, 11) is 0. The minimum absolute atomic E-state index is 0.149. The number of rotatable bonds is 5. The number of nitrogens with zero attached hydrogens (tertiary/aromatic N) is 1. The highest BCUT2D eigenvalue weighted by molar-refractivity contribution is 6.31. The third kappa shape index (κ3) is 5.08. The van der Waals surface area contributed by atoms with Crippen LogP contribution in [0.4, 0.5) is 22.9 Å². The van der Waals surface area contributed by atoms with Gasteiger partial charge in [-0.05, 0) is 61.0 Å². The fraction of sp³-hybridized carbons (Fsp3) is 0.0952. The first-order valence-electron chi connectivity index (χ1n) is 8.59. The summed E-state index contributed by atoms with van der Waals surface area (Å²) in [6.07, 6.45) is 1.50. The molecule has 2 amide bonds. The molecular formula is C21H19ClN4O2. The van der Waals surface area contributed by atoms with E-state index in [4.69, 9.17) is 11.6 Å². The molecule has 0 spiro atoms. The third-order valence-electron chi connectivity index (χ3n) is 3.93. The second kappa shape index (κ2) is 8.54. The number of hydrogen-bond acceptors (Lipinski definition) is 4. The summed E-state index contributed by atoms with van der Waals surface area (Å²) in [4.78, 5) is 27.7. The number of aromatic nitrogens is 1. The molecule has 3 rings (SSSR count). The van der Waals surface area contributed by atoms with Crippen LogP contribution in [0.25, 0.3) is 0 Å². The van der Waals surface area contributed by atoms with Crippen molar-refractivity contribution in [1.29, 1.82) is 0 Å². The molecule has 0 aliphatic heterocycles. The summed E-state index contributed by atoms with van der Waals surface area (Å²) in [5.41, 5.74) is 3.53. The molecular weight excluding hydrogens is 376 g/mol. The van der Waals surface area contributed by atoms with E-state index in [1.807, 2.05) is 25.1 Å². The Morgan fingerprint density at radius 2 is 1.54 bits per heavy atom. The SMILES string of the molecule is CC(=O)Nc1ccc(NC(=O)c2ccc(Nc3ccc(C)c(Cl)c3)nc2)cc1. The number of hydrogen-bond donors (Lipinski definition) is 3. The number of anilines is 4. The van der Waals surface area contributed by atoms with Crippen molar-refractivity contribution in [3.05, 3.63) is 76.9 Å². The minimum Gasteiger partial charge on any atom is -0.340 e. The first kappa shape index (κ1) is 19.4. The molecule has 1 heterocycles. The summed E-state index contributed by atoms with van der Waals surface area (Å²) < 4.78 is 0. The van der Waals surface area contributed by atoms with Gasteiger partial charge in [-0.15, -0.1) is 0 Å². The van der Waals surface area contributed by atoms with Gasteiger partial charge in [0.15, 0.2) is 0 Å². The molecule has 2 aromatic carbocycles. The molecule has 0 saturated carbocycles. The van der Waals surface area contributed by atoms with Gasteiger partial charge in [0.1, 0.15) is 5.82 Å². The lowest BCUT2D eigenvalue weighted by molar-refractivity contribution is -0.114. The van der Waals surface area contributed by atoms with E-state index < -0.39 is 0 Å². The average molecular weight is 395 g/mol. The van der Waals surface area contributed by atoms with E-state index in [0.717, 1.165) is 11.3 Å². The Morgan fingerprint density at radius 1 is 0.893 bits per heavy atom. The molecule has 0 fully saturated rings. The smallest absolute Gasteiger partial charge is 0.257 e. The van der Waals surface area contributed by atoms with Gasteiger partial charge in [-0.3, -0.25) is 9.59 Å². The molecule has 3 aromatic rings. The van der Waals surface area contributed by atoms with Gasteiger partial charge in [0, 0.05) is 35.2 Å². The molecule has 0 unspecified atom stereocenters. The zero-order chi connectivity index (χ0) is 20.1. The Morgan fingerprint density at radius 3 is 2.11 bits per heavy atom. The molecule has 0 aliphatic carbocycles. The van der Waals surface area contributed by atoms with Gasteiger partial charge in [-0.25, -0.2) is 4.98 Å². The first-order valence-corrected chi connectivity index (χ1v) is 8.97. The fourth-order valence-corrected chi connectivity index (χ4v) is 2.64. The highest BCUT2D eigenvalue weighted by Gasteiger charge is 2.08. The molecule has 28 heavy (non-hydrogen) atoms. The highest BCUT2D eigenvalue weighted by atomic mass is 35.5. The molecule has 1 aromatic heterocycles. The molecule has 0 atom stereocenters. The van der Waals surface area contributed by atoms with Crippen LogP contribution in [0.3, 0.4) is 0 Å². The van der Waals surface area contributed by atoms with Crippen LogP contribution in [0.1, 0.15) is 22.8 Å². The average Bonchev–Trinajstić information content (AvgIpc) is 2.66. The molecule has 7 heteroatoms. The topological polar surface area (TPSA) is 83.1 Å². The van der Waals surface area contributed by atoms with Gasteiger partial charge < -0.3 is 16.0 Å². The monoisotopic (exact) mass is 394 g/mol. The minimum atomic E-state index is -0.273. The number of benzene rings is 2. The maximum absolute atomic E-state index is 12.4. The van der Waals surface area contributed by atoms with Crippen molar-refractivity contribution >= 4 is 46.3 Å². The van der Waals surface area contributed by atoms with E-state index in [1.165, 1.54) is 13.1 Å². The molecule has 0 aliphatic rings. The number of halogens is 1. The number of amides is 2. The van der Waals surface area contributed by atoms with Gasteiger partial charge in [0.25, 0.3) is 5.91 Å². The van der Waals surface area contributed by atoms with Crippen LogP contribution in [-0.4, -0.2) is 16.8 Å². The maximum Gasteiger partial charge on any atom is 0.257 e. The zero-order valence-corrected chi connectivity index (χ0v) is 16.2. The van der Waals surface area contributed by atoms with Gasteiger partial charge >= 0.3 is 0 Å². The van der Waals surface area contributed by atoms with Crippen molar-refractivity contribution in [2.45, 2.75) is 13.8 Å². The van der Waals surface area contributed by atoms with Gasteiger partial charge in [0.05, 0.1) is 5.56 Å². The second-order valence-corrected chi connectivity index (χ2v) is 6.64. The number of pyridine rings is 1. The predicted octanol–water partition coefficient (Wildman–Crippen LogP) is 5.00. The van der Waals surface area contributed by atoms with Crippen LogP contribution < -0.4 is 16.0 Å². The molecule has 6 nitrogen and oxygen atoms in total. The summed E-state index contributed by atoms with van der Waals surface area (Å²) in [5.74, 6) is 0.185. The van der Waals surface area contributed by atoms with Crippen LogP contribution in [0.5, 0.6) is 0 Å². The molecule has 142 valence electrons. The van der Waals surface area contributed by atoms with Gasteiger partial charge in [-0.1, -0.05) is 17.7 Å². The van der Waals surface area contributed by atoms with Crippen LogP contribution >= 0.6 is 11.6 Å². The van der Waals surface area contributed by atoms with E-state index in [2.05, 4.69) is 20.9 Å². The number of nitrogens with one attached hydrogen (secondary N) is 3. The van der Waals surface area contributed by atoms with Crippen molar-refractivity contribution in [2.24, 2.45) is 0 Å². The van der Waals surface area contributed by atoms with E-state index in [-0.39, 0.29) is 11.8 Å². The Kier molecular flexibility index (Phi) is 5.91. The standard InChI is InChI=1S/C21H19ClN4O2/c1-13-3-5-18(11-19(13)22)25-20-10-4-15(12-23-20)21(28)26-17-8-6-16(7-9-17)24-14(2)27/h3-12H,1-2H3,(H,23,25)(H,24,27)(H,26,28). The van der Waals surface area contributed by atoms with E-state index >= 15 is 0 Å². The lowest BCUT2D eigenvalue weighted by atomic mass is 10.2. The summed E-state index contributed by atoms with van der Waals surface area (Å²) in [5, 5.41) is 9.28. The van der Waals surface area contributed by atoms with Gasteiger partial charge in [0.2, 0.25) is 5.91 Å². The molecule has 0 bridgehead atoms. The maximum atomic E-state index is 12.4. The van der Waals surface area contributed by atoms with Gasteiger partial charge in [-0.2, -0.15) is 0 Å². The normalized spacial score (nSPS) is 10.2. The fourth-order valence-electron chi connectivity index (χ4n) is 2.46. The Balaban J connectivity index is 1.63. The number of aryl methyl sites for hydroxylation is 1. The Labute approximate surface area is 168 Å². The molecule has 3 N–H and O–H groups in total. The summed E-state index contributed by atoms with van der Waals surface area (Å²) >= 11 is 6.12. The third-order valence-corrected chi connectivity index (χ3v) is 4.34. The summed E-state index contributed by atoms with van der Waals surface area (Å²) in [6, 6.07) is 15.9.